The summed E-state index contributed by atoms with van der Waals surface area (Å²) in [5.74, 6) is -0.844. The van der Waals surface area contributed by atoms with Crippen LogP contribution in [0.15, 0.2) is 30.6 Å². The van der Waals surface area contributed by atoms with Crippen molar-refractivity contribution >= 4 is 11.6 Å². The summed E-state index contributed by atoms with van der Waals surface area (Å²) in [4.78, 5) is 24.0. The molecule has 0 saturated carbocycles. The maximum Gasteiger partial charge on any atom is 0.311 e. The van der Waals surface area contributed by atoms with E-state index in [1.165, 1.54) is 11.0 Å². The fourth-order valence-electron chi connectivity index (χ4n) is 2.06. The Morgan fingerprint density at radius 3 is 2.73 bits per heavy atom. The third-order valence-electron chi connectivity index (χ3n) is 3.53. The van der Waals surface area contributed by atoms with Crippen molar-refractivity contribution in [3.63, 3.8) is 0 Å². The fourth-order valence-corrected chi connectivity index (χ4v) is 2.06. The number of aromatic nitrogens is 2. The second-order valence-electron chi connectivity index (χ2n) is 5.00. The van der Waals surface area contributed by atoms with Crippen molar-refractivity contribution in [3.8, 4) is 5.75 Å². The van der Waals surface area contributed by atoms with E-state index in [4.69, 9.17) is 0 Å². The first kappa shape index (κ1) is 15.5. The van der Waals surface area contributed by atoms with Crippen LogP contribution in [0.25, 0.3) is 0 Å². The number of amides is 1. The summed E-state index contributed by atoms with van der Waals surface area (Å²) < 4.78 is 1.63. The third-order valence-corrected chi connectivity index (χ3v) is 3.53. The minimum atomic E-state index is -0.726. The van der Waals surface area contributed by atoms with Crippen LogP contribution in [-0.4, -0.2) is 37.7 Å². The summed E-state index contributed by atoms with van der Waals surface area (Å²) >= 11 is 0. The Morgan fingerprint density at radius 1 is 1.50 bits per heavy atom. The van der Waals surface area contributed by atoms with E-state index < -0.39 is 16.4 Å². The quantitative estimate of drug-likeness (QED) is 0.686. The van der Waals surface area contributed by atoms with Gasteiger partial charge in [0.15, 0.2) is 5.75 Å². The molecule has 8 heteroatoms. The Bertz CT molecular complexity index is 725. The number of nitro benzene ring substituents is 1. The molecule has 22 heavy (non-hydrogen) atoms. The minimum absolute atomic E-state index is 0.141. The van der Waals surface area contributed by atoms with Gasteiger partial charge in [-0.2, -0.15) is 5.10 Å². The van der Waals surface area contributed by atoms with E-state index in [-0.39, 0.29) is 17.5 Å². The number of hydrogen-bond acceptors (Lipinski definition) is 5. The topological polar surface area (TPSA) is 102 Å². The molecule has 0 bridgehead atoms. The van der Waals surface area contributed by atoms with Crippen LogP contribution in [0.3, 0.4) is 0 Å². The van der Waals surface area contributed by atoms with Crippen LogP contribution in [0.2, 0.25) is 0 Å². The average molecular weight is 304 g/mol. The van der Waals surface area contributed by atoms with Crippen molar-refractivity contribution in [1.82, 2.24) is 14.7 Å². The molecule has 0 fully saturated rings. The smallest absolute Gasteiger partial charge is 0.311 e. The van der Waals surface area contributed by atoms with E-state index in [0.717, 1.165) is 17.7 Å². The lowest BCUT2D eigenvalue weighted by atomic mass is 10.1. The van der Waals surface area contributed by atoms with E-state index in [2.05, 4.69) is 5.10 Å². The maximum absolute atomic E-state index is 12.4. The zero-order chi connectivity index (χ0) is 16.4. The Morgan fingerprint density at radius 2 is 2.18 bits per heavy atom. The fraction of sp³-hybridized carbons (Fsp3) is 0.286. The van der Waals surface area contributed by atoms with Gasteiger partial charge in [0.05, 0.1) is 17.2 Å². The summed E-state index contributed by atoms with van der Waals surface area (Å²) in [5.41, 5.74) is 0.502. The van der Waals surface area contributed by atoms with Crippen LogP contribution in [0.5, 0.6) is 5.75 Å². The van der Waals surface area contributed by atoms with E-state index >= 15 is 0 Å². The second-order valence-corrected chi connectivity index (χ2v) is 5.00. The molecule has 8 nitrogen and oxygen atoms in total. The molecular formula is C14H16N4O4. The highest BCUT2D eigenvalue weighted by Crippen LogP contribution is 2.28. The van der Waals surface area contributed by atoms with Crippen molar-refractivity contribution in [3.05, 3.63) is 51.8 Å². The number of aromatic hydroxyl groups is 1. The SMILES string of the molecule is C[C@H](c1cnn(C)c1)N(C)C(=O)c1ccc(O)c([N+](=O)[O-])c1. The lowest BCUT2D eigenvalue weighted by molar-refractivity contribution is -0.385. The van der Waals surface area contributed by atoms with Crippen LogP contribution in [0.4, 0.5) is 5.69 Å². The maximum atomic E-state index is 12.4. The summed E-state index contributed by atoms with van der Waals surface area (Å²) in [6, 6.07) is 3.34. The molecule has 0 spiro atoms. The normalized spacial score (nSPS) is 12.0. The molecule has 1 aromatic carbocycles. The highest BCUT2D eigenvalue weighted by Gasteiger charge is 2.23. The van der Waals surface area contributed by atoms with Crippen molar-refractivity contribution in [1.29, 1.82) is 0 Å². The van der Waals surface area contributed by atoms with Gasteiger partial charge in [-0.25, -0.2) is 0 Å². The Kier molecular flexibility index (Phi) is 4.11. The standard InChI is InChI=1S/C14H16N4O4/c1-9(11-7-15-16(2)8-11)17(3)14(20)10-4-5-13(19)12(6-10)18(21)22/h4-9,19H,1-3H3/t9-/m1/s1. The molecule has 1 heterocycles. The van der Waals surface area contributed by atoms with Crippen molar-refractivity contribution in [2.75, 3.05) is 7.05 Å². The molecular weight excluding hydrogens is 288 g/mol. The molecule has 2 aromatic rings. The van der Waals surface area contributed by atoms with Gasteiger partial charge in [0.25, 0.3) is 5.91 Å². The van der Waals surface area contributed by atoms with Gasteiger partial charge in [-0.05, 0) is 19.1 Å². The highest BCUT2D eigenvalue weighted by molar-refractivity contribution is 5.95. The molecule has 0 aliphatic rings. The predicted octanol–water partition coefficient (Wildman–Crippen LogP) is 1.87. The van der Waals surface area contributed by atoms with Crippen LogP contribution in [0.1, 0.15) is 28.9 Å². The van der Waals surface area contributed by atoms with Gasteiger partial charge in [0, 0.05) is 37.5 Å². The van der Waals surface area contributed by atoms with Gasteiger partial charge in [0.1, 0.15) is 0 Å². The highest BCUT2D eigenvalue weighted by atomic mass is 16.6. The molecule has 1 atom stereocenters. The first-order valence-corrected chi connectivity index (χ1v) is 6.54. The van der Waals surface area contributed by atoms with Crippen LogP contribution in [0, 0.1) is 10.1 Å². The van der Waals surface area contributed by atoms with E-state index in [1.807, 2.05) is 6.92 Å². The number of rotatable bonds is 4. The van der Waals surface area contributed by atoms with Crippen LogP contribution in [-0.2, 0) is 7.05 Å². The van der Waals surface area contributed by atoms with E-state index in [1.54, 1.807) is 31.2 Å². The van der Waals surface area contributed by atoms with Gasteiger partial charge in [-0.3, -0.25) is 19.6 Å². The number of hydrogen-bond donors (Lipinski definition) is 1. The molecule has 0 aliphatic heterocycles. The molecule has 1 amide bonds. The zero-order valence-electron chi connectivity index (χ0n) is 12.4. The van der Waals surface area contributed by atoms with Gasteiger partial charge in [-0.15, -0.1) is 0 Å². The number of phenolic OH excluding ortho intramolecular Hbond substituents is 1. The second kappa shape index (κ2) is 5.84. The van der Waals surface area contributed by atoms with E-state index in [9.17, 15) is 20.0 Å². The Labute approximate surface area is 126 Å². The number of benzene rings is 1. The van der Waals surface area contributed by atoms with Gasteiger partial charge < -0.3 is 10.0 Å². The number of carbonyl (C=O) groups is 1. The largest absolute Gasteiger partial charge is 0.502 e. The minimum Gasteiger partial charge on any atom is -0.502 e. The first-order valence-electron chi connectivity index (χ1n) is 6.54. The molecule has 1 N–H and O–H groups in total. The molecule has 1 aromatic heterocycles. The lowest BCUT2D eigenvalue weighted by Gasteiger charge is -2.24. The molecule has 0 unspecified atom stereocenters. The number of nitro groups is 1. The summed E-state index contributed by atoms with van der Waals surface area (Å²) in [7, 11) is 3.39. The third kappa shape index (κ3) is 2.90. The van der Waals surface area contributed by atoms with Crippen molar-refractivity contribution in [2.24, 2.45) is 7.05 Å². The number of carbonyl (C=O) groups excluding carboxylic acids is 1. The summed E-state index contributed by atoms with van der Waals surface area (Å²) in [6.07, 6.45) is 3.46. The zero-order valence-corrected chi connectivity index (χ0v) is 12.4. The van der Waals surface area contributed by atoms with Crippen LogP contribution < -0.4 is 0 Å². The van der Waals surface area contributed by atoms with E-state index in [0.29, 0.717) is 0 Å². The molecule has 0 radical (unpaired) electrons. The lowest BCUT2D eigenvalue weighted by Crippen LogP contribution is -2.29. The van der Waals surface area contributed by atoms with Crippen molar-refractivity contribution in [2.45, 2.75) is 13.0 Å². The number of aryl methyl sites for hydroxylation is 1. The monoisotopic (exact) mass is 304 g/mol. The van der Waals surface area contributed by atoms with Gasteiger partial charge >= 0.3 is 5.69 Å². The molecule has 0 aliphatic carbocycles. The van der Waals surface area contributed by atoms with Gasteiger partial charge in [-0.1, -0.05) is 0 Å². The molecule has 0 saturated heterocycles. The number of nitrogens with zero attached hydrogens (tertiary/aromatic N) is 4. The Hall–Kier alpha value is -2.90. The first-order chi connectivity index (χ1) is 10.3. The Balaban J connectivity index is 2.27. The predicted molar refractivity (Wildman–Crippen MR) is 78.5 cm³/mol. The summed E-state index contributed by atoms with van der Waals surface area (Å²) in [5, 5.41) is 24.3. The average Bonchev–Trinajstić information content (AvgIpc) is 2.91. The van der Waals surface area contributed by atoms with Crippen molar-refractivity contribution < 1.29 is 14.8 Å². The van der Waals surface area contributed by atoms with Gasteiger partial charge in [0.2, 0.25) is 0 Å². The molecule has 2 rings (SSSR count). The molecule has 116 valence electrons. The summed E-state index contributed by atoms with van der Waals surface area (Å²) in [6.45, 7) is 1.84. The number of phenols is 1. The van der Waals surface area contributed by atoms with Crippen LogP contribution >= 0.6 is 0 Å².